The topological polar surface area (TPSA) is 44.8 Å². The van der Waals surface area contributed by atoms with Crippen LogP contribution in [0.5, 0.6) is 5.75 Å². The second-order valence-electron chi connectivity index (χ2n) is 16.0. The van der Waals surface area contributed by atoms with E-state index in [1.165, 1.54) is 75.6 Å². The Bertz CT molecular complexity index is 1470. The van der Waals surface area contributed by atoms with Gasteiger partial charge in [0.2, 0.25) is 0 Å². The summed E-state index contributed by atoms with van der Waals surface area (Å²) in [5, 5.41) is 1.16. The average Bonchev–Trinajstić information content (AvgIpc) is 3.19. The second-order valence-corrected chi connectivity index (χ2v) is 18.2. The number of hydrogen-bond acceptors (Lipinski definition) is 4. The molecule has 1 saturated heterocycles. The van der Waals surface area contributed by atoms with Gasteiger partial charge in [-0.15, -0.1) is 0 Å². The van der Waals surface area contributed by atoms with Crippen LogP contribution in [-0.4, -0.2) is 61.8 Å². The minimum absolute atomic E-state index is 0.0199. The van der Waals surface area contributed by atoms with Crippen molar-refractivity contribution >= 4 is 39.7 Å². The SMILES string of the molecule is C=S1NC(=O)c2ccc3c(c2)N(CC2CCC2C(CC2CCN(C)CC2)CCCC(C)C1C)C[C@@]1(CCCc2cc(Cl)ccc21)CO3. The van der Waals surface area contributed by atoms with Crippen LogP contribution < -0.4 is 14.4 Å². The lowest BCUT2D eigenvalue weighted by Crippen LogP contribution is -2.49. The summed E-state index contributed by atoms with van der Waals surface area (Å²) < 4.78 is 10.1. The third-order valence-electron chi connectivity index (χ3n) is 13.0. The monoisotopic (exact) mass is 677 g/mol. The molecule has 2 fully saturated rings. The number of piperidine rings is 1. The number of carbonyl (C=O) groups is 1. The number of carbonyl (C=O) groups excluding carboxylic acids is 1. The molecule has 7 rings (SSSR count). The fourth-order valence-corrected chi connectivity index (χ4v) is 11.1. The normalized spacial score (nSPS) is 34.0. The number of nitrogens with one attached hydrogen (secondary N) is 1. The van der Waals surface area contributed by atoms with Crippen LogP contribution in [0.25, 0.3) is 0 Å². The maximum atomic E-state index is 13.7. The van der Waals surface area contributed by atoms with Crippen molar-refractivity contribution in [2.75, 3.05) is 44.7 Å². The first kappa shape index (κ1) is 33.5. The zero-order valence-corrected chi connectivity index (χ0v) is 30.5. The summed E-state index contributed by atoms with van der Waals surface area (Å²) in [6.07, 6.45) is 13.9. The van der Waals surface area contributed by atoms with Crippen LogP contribution in [0.1, 0.15) is 99.5 Å². The first-order valence-electron chi connectivity index (χ1n) is 18.5. The number of halogens is 1. The van der Waals surface area contributed by atoms with Crippen LogP contribution in [0, 0.1) is 29.6 Å². The summed E-state index contributed by atoms with van der Waals surface area (Å²) in [4.78, 5) is 18.9. The summed E-state index contributed by atoms with van der Waals surface area (Å²) >= 11 is 6.51. The van der Waals surface area contributed by atoms with E-state index in [0.717, 1.165) is 66.6 Å². The quantitative estimate of drug-likeness (QED) is 0.323. The summed E-state index contributed by atoms with van der Waals surface area (Å²) in [7, 11) is 1.84. The first-order chi connectivity index (χ1) is 22.7. The van der Waals surface area contributed by atoms with E-state index in [1.807, 2.05) is 6.07 Å². The average molecular weight is 678 g/mol. The molecule has 1 amide bonds. The third-order valence-corrected chi connectivity index (χ3v) is 15.1. The third kappa shape index (κ3) is 7.03. The van der Waals surface area contributed by atoms with E-state index in [4.69, 9.17) is 16.3 Å². The zero-order valence-electron chi connectivity index (χ0n) is 28.9. The van der Waals surface area contributed by atoms with Gasteiger partial charge < -0.3 is 19.3 Å². The van der Waals surface area contributed by atoms with Crippen molar-refractivity contribution < 1.29 is 9.53 Å². The van der Waals surface area contributed by atoms with Gasteiger partial charge in [0.05, 0.1) is 12.3 Å². The molecule has 1 saturated carbocycles. The highest BCUT2D eigenvalue weighted by molar-refractivity contribution is 8.13. The van der Waals surface area contributed by atoms with E-state index < -0.39 is 10.7 Å². The Morgan fingerprint density at radius 3 is 2.66 bits per heavy atom. The van der Waals surface area contributed by atoms with Crippen LogP contribution in [0.3, 0.4) is 0 Å². The molecule has 3 aliphatic heterocycles. The summed E-state index contributed by atoms with van der Waals surface area (Å²) in [5.41, 5.74) is 4.48. The molecule has 7 heteroatoms. The van der Waals surface area contributed by atoms with Crippen LogP contribution in [0.15, 0.2) is 36.4 Å². The van der Waals surface area contributed by atoms with E-state index in [-0.39, 0.29) is 11.3 Å². The molecule has 5 aliphatic rings. The molecular formula is C40H56ClN3O2S. The lowest BCUT2D eigenvalue weighted by atomic mass is 9.63. The maximum absolute atomic E-state index is 13.7. The van der Waals surface area contributed by atoms with Crippen molar-refractivity contribution in [1.29, 1.82) is 0 Å². The highest BCUT2D eigenvalue weighted by atomic mass is 35.5. The largest absolute Gasteiger partial charge is 0.490 e. The first-order valence-corrected chi connectivity index (χ1v) is 20.4. The molecule has 2 bridgehead atoms. The Morgan fingerprint density at radius 1 is 1.04 bits per heavy atom. The van der Waals surface area contributed by atoms with E-state index in [1.54, 1.807) is 0 Å². The van der Waals surface area contributed by atoms with Crippen molar-refractivity contribution in [2.24, 2.45) is 29.6 Å². The predicted octanol–water partition coefficient (Wildman–Crippen LogP) is 8.74. The standard InChI is InChI=1S/C40H56ClN3O2S/c1-27-7-5-8-30(21-29-16-19-43(3)20-17-29)35-13-10-33(35)24-44-25-40(18-6-9-31-22-34(41)12-14-36(31)40)26-46-38-15-11-32(23-37(38)44)39(45)42-47(4)28(27)2/h11-12,14-15,22-23,27-30,33,35H,4-10,13,16-21,24-26H2,1-3H3,(H,42,45)/t27?,28?,30?,33?,35?,40-,47?/m0/s1. The number of amides is 1. The minimum Gasteiger partial charge on any atom is -0.490 e. The highest BCUT2D eigenvalue weighted by Gasteiger charge is 2.45. The second kappa shape index (κ2) is 14.1. The van der Waals surface area contributed by atoms with Gasteiger partial charge >= 0.3 is 0 Å². The van der Waals surface area contributed by atoms with Crippen molar-refractivity contribution in [3.8, 4) is 5.75 Å². The Morgan fingerprint density at radius 2 is 1.87 bits per heavy atom. The Kier molecular flexibility index (Phi) is 10.0. The van der Waals surface area contributed by atoms with Crippen LogP contribution >= 0.6 is 22.3 Å². The summed E-state index contributed by atoms with van der Waals surface area (Å²) in [6.45, 7) is 9.75. The number of aryl methyl sites for hydroxylation is 1. The van der Waals surface area contributed by atoms with E-state index in [2.05, 4.69) is 71.6 Å². The van der Waals surface area contributed by atoms with Gasteiger partial charge in [-0.05, 0) is 149 Å². The number of rotatable bonds is 2. The minimum atomic E-state index is -0.448. The van der Waals surface area contributed by atoms with Gasteiger partial charge in [-0.2, -0.15) is 0 Å². The molecule has 256 valence electrons. The molecule has 47 heavy (non-hydrogen) atoms. The van der Waals surface area contributed by atoms with Gasteiger partial charge in [0.25, 0.3) is 5.91 Å². The van der Waals surface area contributed by atoms with Gasteiger partial charge in [-0.1, -0.05) is 60.9 Å². The molecule has 1 N–H and O–H groups in total. The van der Waals surface area contributed by atoms with E-state index >= 15 is 0 Å². The van der Waals surface area contributed by atoms with Crippen LogP contribution in [-0.2, 0) is 11.8 Å². The molecule has 6 unspecified atom stereocenters. The van der Waals surface area contributed by atoms with Gasteiger partial charge in [0, 0.05) is 34.3 Å². The molecule has 0 radical (unpaired) electrons. The van der Waals surface area contributed by atoms with Gasteiger partial charge in [0.1, 0.15) is 5.75 Å². The van der Waals surface area contributed by atoms with E-state index in [9.17, 15) is 4.79 Å². The van der Waals surface area contributed by atoms with E-state index in [0.29, 0.717) is 29.3 Å². The van der Waals surface area contributed by atoms with Crippen molar-refractivity contribution in [1.82, 2.24) is 9.62 Å². The lowest BCUT2D eigenvalue weighted by molar-refractivity contribution is 0.0713. The summed E-state index contributed by atoms with van der Waals surface area (Å²) in [5.74, 6) is 9.01. The molecule has 3 heterocycles. The fourth-order valence-electron chi connectivity index (χ4n) is 9.70. The predicted molar refractivity (Wildman–Crippen MR) is 199 cm³/mol. The van der Waals surface area contributed by atoms with Crippen molar-refractivity contribution in [3.63, 3.8) is 0 Å². The van der Waals surface area contributed by atoms with Gasteiger partial charge in [-0.3, -0.25) is 4.79 Å². The maximum Gasteiger partial charge on any atom is 0.260 e. The number of fused-ring (bicyclic) bond motifs is 4. The molecule has 7 atom stereocenters. The van der Waals surface area contributed by atoms with Gasteiger partial charge in [-0.25, -0.2) is 0 Å². The van der Waals surface area contributed by atoms with Gasteiger partial charge in [0.15, 0.2) is 0 Å². The molecule has 0 aromatic heterocycles. The molecular weight excluding hydrogens is 622 g/mol. The smallest absolute Gasteiger partial charge is 0.260 e. The number of anilines is 1. The van der Waals surface area contributed by atoms with Crippen molar-refractivity contribution in [2.45, 2.75) is 95.1 Å². The number of benzene rings is 2. The number of ether oxygens (including phenoxy) is 1. The lowest BCUT2D eigenvalue weighted by Gasteiger charge is -2.48. The van der Waals surface area contributed by atoms with Crippen LogP contribution in [0.2, 0.25) is 5.02 Å². The highest BCUT2D eigenvalue weighted by Crippen LogP contribution is 2.49. The molecule has 5 nitrogen and oxygen atoms in total. The zero-order chi connectivity index (χ0) is 32.7. The molecule has 2 aromatic rings. The number of nitrogens with zero attached hydrogens (tertiary/aromatic N) is 2. The van der Waals surface area contributed by atoms with Crippen LogP contribution in [0.4, 0.5) is 5.69 Å². The number of likely N-dealkylation sites (tertiary alicyclic amines) is 1. The van der Waals surface area contributed by atoms with Crippen molar-refractivity contribution in [3.05, 3.63) is 58.1 Å². The Hall–Kier alpha value is -2.02. The Labute approximate surface area is 291 Å². The molecule has 2 aliphatic carbocycles. The summed E-state index contributed by atoms with van der Waals surface area (Å²) in [6, 6.07) is 12.6. The fraction of sp³-hybridized carbons (Fsp3) is 0.650. The molecule has 2 aromatic carbocycles. The molecule has 1 spiro atoms. The Balaban J connectivity index is 1.24. The number of hydrogen-bond donors (Lipinski definition) is 1.